The molecule has 0 atom stereocenters. The van der Waals surface area contributed by atoms with Crippen molar-refractivity contribution >= 4 is 17.2 Å². The summed E-state index contributed by atoms with van der Waals surface area (Å²) in [4.78, 5) is 4.69. The van der Waals surface area contributed by atoms with Crippen LogP contribution in [0.4, 0.5) is 11.4 Å². The predicted octanol–water partition coefficient (Wildman–Crippen LogP) is 5.64. The topological polar surface area (TPSA) is 20.8 Å². The molecule has 5 rings (SSSR count). The zero-order valence-electron chi connectivity index (χ0n) is 15.4. The summed E-state index contributed by atoms with van der Waals surface area (Å²) in [5, 5.41) is 0. The summed E-state index contributed by atoms with van der Waals surface area (Å²) in [5.41, 5.74) is 7.16. The molecule has 0 unspecified atom stereocenters. The summed E-state index contributed by atoms with van der Waals surface area (Å²) in [6, 6.07) is 25.6. The van der Waals surface area contributed by atoms with Gasteiger partial charge in [0, 0.05) is 18.1 Å². The largest absolute Gasteiger partial charge is 0.265 e. The van der Waals surface area contributed by atoms with E-state index < -0.39 is 0 Å². The molecule has 27 heavy (non-hydrogen) atoms. The molecule has 0 N–H and O–H groups in total. The first kappa shape index (κ1) is 15.8. The van der Waals surface area contributed by atoms with Crippen LogP contribution < -0.4 is 4.58 Å². The molecular formula is C24H20N3+. The number of hydrogen-bond donors (Lipinski definition) is 0. The molecule has 4 aromatic rings. The van der Waals surface area contributed by atoms with Gasteiger partial charge in [-0.05, 0) is 36.2 Å². The van der Waals surface area contributed by atoms with Crippen LogP contribution in [0.2, 0.25) is 0 Å². The van der Waals surface area contributed by atoms with Crippen LogP contribution in [0.5, 0.6) is 0 Å². The lowest BCUT2D eigenvalue weighted by molar-refractivity contribution is 0.982. The van der Waals surface area contributed by atoms with Crippen molar-refractivity contribution < 1.29 is 0 Å². The van der Waals surface area contributed by atoms with Gasteiger partial charge in [0.2, 0.25) is 5.82 Å². The summed E-state index contributed by atoms with van der Waals surface area (Å²) in [5.74, 6) is 2.08. The van der Waals surface area contributed by atoms with E-state index in [-0.39, 0.29) is 0 Å². The molecule has 1 aromatic heterocycles. The number of rotatable bonds is 1. The van der Waals surface area contributed by atoms with E-state index in [4.69, 9.17) is 0 Å². The first-order valence-corrected chi connectivity index (χ1v) is 9.17. The van der Waals surface area contributed by atoms with Crippen LogP contribution >= 0.6 is 0 Å². The van der Waals surface area contributed by atoms with Crippen LogP contribution in [0.3, 0.4) is 0 Å². The quantitative estimate of drug-likeness (QED) is 0.407. The lowest BCUT2D eigenvalue weighted by atomic mass is 9.96. The Morgan fingerprint density at radius 2 is 1.33 bits per heavy atom. The molecule has 0 fully saturated rings. The average molecular weight is 350 g/mol. The maximum absolute atomic E-state index is 4.69. The molecule has 0 radical (unpaired) electrons. The molecule has 1 aliphatic heterocycles. The van der Waals surface area contributed by atoms with Gasteiger partial charge in [0.15, 0.2) is 0 Å². The zero-order valence-corrected chi connectivity index (χ0v) is 15.4. The van der Waals surface area contributed by atoms with Crippen molar-refractivity contribution in [3.8, 4) is 22.5 Å². The van der Waals surface area contributed by atoms with Crippen molar-refractivity contribution in [2.75, 3.05) is 0 Å². The monoisotopic (exact) mass is 350 g/mol. The predicted molar refractivity (Wildman–Crippen MR) is 112 cm³/mol. The van der Waals surface area contributed by atoms with Crippen molar-refractivity contribution in [3.05, 3.63) is 90.8 Å². The summed E-state index contributed by atoms with van der Waals surface area (Å²) in [6.45, 7) is 4.31. The molecule has 130 valence electrons. The van der Waals surface area contributed by atoms with E-state index in [9.17, 15) is 0 Å². The molecule has 3 aromatic carbocycles. The minimum Gasteiger partial charge on any atom is -0.213 e. The second-order valence-corrected chi connectivity index (χ2v) is 6.85. The van der Waals surface area contributed by atoms with E-state index in [2.05, 4.69) is 101 Å². The molecule has 2 heterocycles. The maximum Gasteiger partial charge on any atom is 0.265 e. The van der Waals surface area contributed by atoms with Gasteiger partial charge in [0.1, 0.15) is 17.6 Å². The van der Waals surface area contributed by atoms with E-state index in [0.29, 0.717) is 0 Å². The number of aromatic nitrogens is 2. The van der Waals surface area contributed by atoms with Gasteiger partial charge >= 0.3 is 0 Å². The van der Waals surface area contributed by atoms with Crippen molar-refractivity contribution in [1.29, 1.82) is 0 Å². The van der Waals surface area contributed by atoms with E-state index in [1.54, 1.807) is 0 Å². The lowest BCUT2D eigenvalue weighted by Gasteiger charge is -2.20. The summed E-state index contributed by atoms with van der Waals surface area (Å²) in [6.07, 6.45) is 3.92. The molecule has 0 saturated heterocycles. The second kappa shape index (κ2) is 6.06. The van der Waals surface area contributed by atoms with Crippen LogP contribution in [0.15, 0.2) is 85.2 Å². The molecule has 1 aliphatic rings. The third-order valence-corrected chi connectivity index (χ3v) is 5.27. The van der Waals surface area contributed by atoms with Crippen LogP contribution in [0.25, 0.3) is 22.5 Å². The molecule has 3 heteroatoms. The van der Waals surface area contributed by atoms with Crippen LogP contribution in [0.1, 0.15) is 12.5 Å². The zero-order chi connectivity index (χ0) is 18.4. The number of para-hydroxylation sites is 2. The fraction of sp³-hybridized carbons (Fsp3) is 0.0833. The number of nitrogens with zero attached hydrogens (tertiary/aromatic N) is 3. The normalized spacial score (nSPS) is 12.7. The minimum absolute atomic E-state index is 0.969. The Morgan fingerprint density at radius 1 is 0.704 bits per heavy atom. The van der Waals surface area contributed by atoms with Crippen molar-refractivity contribution in [3.63, 3.8) is 0 Å². The third kappa shape index (κ3) is 2.36. The second-order valence-electron chi connectivity index (χ2n) is 6.85. The van der Waals surface area contributed by atoms with Crippen molar-refractivity contribution in [2.45, 2.75) is 13.8 Å². The van der Waals surface area contributed by atoms with Gasteiger partial charge in [0.25, 0.3) is 5.84 Å². The Labute approximate surface area is 158 Å². The number of aryl methyl sites for hydroxylation is 1. The molecule has 0 bridgehead atoms. The Hall–Kier alpha value is -3.46. The molecule has 0 spiro atoms. The first-order chi connectivity index (χ1) is 13.3. The highest BCUT2D eigenvalue weighted by Crippen LogP contribution is 2.40. The number of imidazole rings is 1. The Morgan fingerprint density at radius 3 is 2.11 bits per heavy atom. The molecule has 0 amide bonds. The van der Waals surface area contributed by atoms with Gasteiger partial charge < -0.3 is 0 Å². The maximum atomic E-state index is 4.69. The molecule has 0 saturated carbocycles. The SMILES string of the molecule is CC1=[N+](c2ccccc2C)c2ccccc2-c2ccccc2-c2nccn21. The summed E-state index contributed by atoms with van der Waals surface area (Å²) in [7, 11) is 0. The minimum atomic E-state index is 0.969. The van der Waals surface area contributed by atoms with Crippen molar-refractivity contribution in [1.82, 2.24) is 14.1 Å². The van der Waals surface area contributed by atoms with Gasteiger partial charge in [-0.2, -0.15) is 9.14 Å². The summed E-state index contributed by atoms with van der Waals surface area (Å²) < 4.78 is 4.52. The fourth-order valence-electron chi connectivity index (χ4n) is 3.97. The van der Waals surface area contributed by atoms with Crippen LogP contribution in [-0.2, 0) is 0 Å². The number of hydrogen-bond acceptors (Lipinski definition) is 1. The van der Waals surface area contributed by atoms with Gasteiger partial charge in [-0.3, -0.25) is 0 Å². The number of fused-ring (bicyclic) bond motifs is 5. The lowest BCUT2D eigenvalue weighted by Crippen LogP contribution is -2.24. The summed E-state index contributed by atoms with van der Waals surface area (Å²) >= 11 is 0. The standard InChI is InChI=1S/C24H20N3/c1-17-9-3-7-13-22(17)27-18(2)26-16-15-25-24(26)21-12-5-4-10-19(21)20-11-6-8-14-23(20)27/h3-16H,1-2H3/q+1. The van der Waals surface area contributed by atoms with Crippen LogP contribution in [-0.4, -0.2) is 15.4 Å². The van der Waals surface area contributed by atoms with Gasteiger partial charge in [-0.1, -0.05) is 54.6 Å². The molecular weight excluding hydrogens is 330 g/mol. The van der Waals surface area contributed by atoms with Gasteiger partial charge in [0.05, 0.1) is 6.20 Å². The van der Waals surface area contributed by atoms with E-state index in [1.807, 2.05) is 12.4 Å². The average Bonchev–Trinajstić information content (AvgIpc) is 3.19. The highest BCUT2D eigenvalue weighted by molar-refractivity contribution is 5.99. The van der Waals surface area contributed by atoms with Crippen molar-refractivity contribution in [2.24, 2.45) is 0 Å². The number of benzene rings is 3. The van der Waals surface area contributed by atoms with E-state index in [1.165, 1.54) is 28.1 Å². The Kier molecular flexibility index (Phi) is 3.54. The Balaban J connectivity index is 1.97. The first-order valence-electron chi connectivity index (χ1n) is 9.17. The van der Waals surface area contributed by atoms with Crippen LogP contribution in [0, 0.1) is 6.92 Å². The Bertz CT molecular complexity index is 1200. The van der Waals surface area contributed by atoms with Gasteiger partial charge in [-0.15, -0.1) is 0 Å². The molecule has 3 nitrogen and oxygen atoms in total. The molecule has 0 aliphatic carbocycles. The highest BCUT2D eigenvalue weighted by atomic mass is 15.2. The third-order valence-electron chi connectivity index (χ3n) is 5.27. The van der Waals surface area contributed by atoms with E-state index in [0.717, 1.165) is 17.2 Å². The van der Waals surface area contributed by atoms with E-state index >= 15 is 0 Å². The highest BCUT2D eigenvalue weighted by Gasteiger charge is 2.28. The fourth-order valence-corrected chi connectivity index (χ4v) is 3.97. The smallest absolute Gasteiger partial charge is 0.213 e. The van der Waals surface area contributed by atoms with Gasteiger partial charge in [-0.25, -0.2) is 4.98 Å².